The van der Waals surface area contributed by atoms with E-state index in [0.717, 1.165) is 17.7 Å². The molecule has 3 aromatic carbocycles. The fourth-order valence-corrected chi connectivity index (χ4v) is 5.59. The molecule has 1 atom stereocenters. The minimum Gasteiger partial charge on any atom is -0.491 e. The van der Waals surface area contributed by atoms with Crippen LogP contribution < -0.4 is 10.5 Å². The fraction of sp³-hybridized carbons (Fsp3) is 0.308. The number of nitrogens with zero attached hydrogens (tertiary/aromatic N) is 2. The van der Waals surface area contributed by atoms with Gasteiger partial charge in [-0.3, -0.25) is 15.1 Å². The highest BCUT2D eigenvalue weighted by molar-refractivity contribution is 7.89. The standard InChI is InChI=1S/C24H27ClN4O4S.C2H4O2/c25-20-6-4-18-14-23(7-5-17(18)12-20)34(31,32)29-10-8-28(9-11-29)15-21(30)16-33-22-3-1-2-19(13-22)24(26)27;1-2(3)4/h1-7,12-14,21,30H,8-11,15-16H2,(H3,26,27);1H3,(H,3,4). The third-order valence-electron chi connectivity index (χ3n) is 5.80. The number of β-amino-alcohol motifs (C(OH)–C–C–N with tert-alkyl or cyclic N) is 1. The molecule has 0 radical (unpaired) electrons. The molecule has 38 heavy (non-hydrogen) atoms. The van der Waals surface area contributed by atoms with Crippen LogP contribution in [0.5, 0.6) is 5.75 Å². The summed E-state index contributed by atoms with van der Waals surface area (Å²) in [6.07, 6.45) is -0.739. The van der Waals surface area contributed by atoms with Crippen molar-refractivity contribution in [1.82, 2.24) is 9.21 Å². The van der Waals surface area contributed by atoms with Crippen LogP contribution in [-0.2, 0) is 14.8 Å². The number of aliphatic hydroxyl groups excluding tert-OH is 1. The van der Waals surface area contributed by atoms with Crippen LogP contribution in [0.4, 0.5) is 0 Å². The minimum absolute atomic E-state index is 0.0492. The summed E-state index contributed by atoms with van der Waals surface area (Å²) in [5.74, 6) is -0.354. The topological polar surface area (TPSA) is 157 Å². The van der Waals surface area contributed by atoms with Crippen LogP contribution in [0.15, 0.2) is 65.6 Å². The Morgan fingerprint density at radius 1 is 1.08 bits per heavy atom. The van der Waals surface area contributed by atoms with Gasteiger partial charge in [-0.2, -0.15) is 4.31 Å². The van der Waals surface area contributed by atoms with Crippen LogP contribution in [0.1, 0.15) is 12.5 Å². The molecule has 0 aliphatic carbocycles. The highest BCUT2D eigenvalue weighted by Gasteiger charge is 2.29. The van der Waals surface area contributed by atoms with Crippen molar-refractivity contribution in [3.63, 3.8) is 0 Å². The number of nitrogens with one attached hydrogen (secondary N) is 1. The van der Waals surface area contributed by atoms with E-state index in [1.165, 1.54) is 4.31 Å². The number of ether oxygens (including phenoxy) is 1. The van der Waals surface area contributed by atoms with Crippen molar-refractivity contribution in [1.29, 1.82) is 5.41 Å². The summed E-state index contributed by atoms with van der Waals surface area (Å²) in [6, 6.07) is 17.3. The van der Waals surface area contributed by atoms with Gasteiger partial charge in [0.15, 0.2) is 0 Å². The SMILES string of the molecule is CC(=O)O.N=C(N)c1cccc(OCC(O)CN2CCN(S(=O)(=O)c3ccc4cc(Cl)ccc4c3)CC2)c1. The molecule has 1 aliphatic heterocycles. The van der Waals surface area contributed by atoms with Gasteiger partial charge in [0.25, 0.3) is 5.97 Å². The summed E-state index contributed by atoms with van der Waals surface area (Å²) in [7, 11) is -3.61. The summed E-state index contributed by atoms with van der Waals surface area (Å²) < 4.78 is 33.4. The predicted octanol–water partition coefficient (Wildman–Crippen LogP) is 2.61. The summed E-state index contributed by atoms with van der Waals surface area (Å²) in [5, 5.41) is 27.6. The number of sulfonamides is 1. The number of nitrogens with two attached hydrogens (primary N) is 1. The van der Waals surface area contributed by atoms with Crippen LogP contribution in [0.2, 0.25) is 5.02 Å². The van der Waals surface area contributed by atoms with Crippen LogP contribution in [-0.4, -0.2) is 85.1 Å². The number of carboxylic acids is 1. The van der Waals surface area contributed by atoms with E-state index in [0.29, 0.717) is 49.1 Å². The Morgan fingerprint density at radius 3 is 2.37 bits per heavy atom. The van der Waals surface area contributed by atoms with Gasteiger partial charge in [-0.15, -0.1) is 0 Å². The van der Waals surface area contributed by atoms with E-state index in [1.807, 2.05) is 11.0 Å². The lowest BCUT2D eigenvalue weighted by Crippen LogP contribution is -2.50. The zero-order valence-corrected chi connectivity index (χ0v) is 22.5. The molecular formula is C26H31ClN4O6S. The van der Waals surface area contributed by atoms with E-state index in [-0.39, 0.29) is 17.3 Å². The molecule has 0 amide bonds. The number of piperazine rings is 1. The Kier molecular flexibility index (Phi) is 10.1. The number of carbonyl (C=O) groups is 1. The van der Waals surface area contributed by atoms with E-state index >= 15 is 0 Å². The van der Waals surface area contributed by atoms with Gasteiger partial charge < -0.3 is 20.7 Å². The lowest BCUT2D eigenvalue weighted by atomic mass is 10.1. The number of nitrogen functional groups attached to an aromatic ring is 1. The minimum atomic E-state index is -3.61. The molecule has 3 aromatic rings. The summed E-state index contributed by atoms with van der Waals surface area (Å²) >= 11 is 6.02. The zero-order chi connectivity index (χ0) is 27.9. The molecule has 1 unspecified atom stereocenters. The first-order valence-corrected chi connectivity index (χ1v) is 13.6. The number of halogens is 1. The molecule has 0 saturated carbocycles. The van der Waals surface area contributed by atoms with Crippen molar-refractivity contribution in [2.45, 2.75) is 17.9 Å². The lowest BCUT2D eigenvalue weighted by molar-refractivity contribution is -0.134. The van der Waals surface area contributed by atoms with Gasteiger partial charge in [0.2, 0.25) is 10.0 Å². The van der Waals surface area contributed by atoms with Gasteiger partial charge in [-0.25, -0.2) is 8.42 Å². The molecule has 0 bridgehead atoms. The van der Waals surface area contributed by atoms with Crippen molar-refractivity contribution in [3.05, 3.63) is 71.2 Å². The molecule has 0 spiro atoms. The number of fused-ring (bicyclic) bond motifs is 1. The Labute approximate surface area is 226 Å². The number of hydrogen-bond acceptors (Lipinski definition) is 7. The second kappa shape index (κ2) is 13.0. The fourth-order valence-electron chi connectivity index (χ4n) is 3.95. The van der Waals surface area contributed by atoms with E-state index in [9.17, 15) is 13.5 Å². The van der Waals surface area contributed by atoms with Gasteiger partial charge in [0, 0.05) is 50.2 Å². The van der Waals surface area contributed by atoms with Gasteiger partial charge in [0.05, 0.1) is 4.90 Å². The second-order valence-corrected chi connectivity index (χ2v) is 11.2. The largest absolute Gasteiger partial charge is 0.491 e. The molecule has 1 fully saturated rings. The lowest BCUT2D eigenvalue weighted by Gasteiger charge is -2.34. The molecule has 10 nitrogen and oxygen atoms in total. The maximum Gasteiger partial charge on any atom is 0.300 e. The summed E-state index contributed by atoms with van der Waals surface area (Å²) in [5.41, 5.74) is 6.05. The molecule has 1 heterocycles. The van der Waals surface area contributed by atoms with Gasteiger partial charge in [-0.05, 0) is 47.2 Å². The summed E-state index contributed by atoms with van der Waals surface area (Å²) in [6.45, 7) is 3.25. The van der Waals surface area contributed by atoms with Gasteiger partial charge in [0.1, 0.15) is 24.3 Å². The van der Waals surface area contributed by atoms with Crippen molar-refractivity contribution in [3.8, 4) is 5.75 Å². The first-order chi connectivity index (χ1) is 18.0. The molecule has 5 N–H and O–H groups in total. The smallest absolute Gasteiger partial charge is 0.300 e. The number of aliphatic carboxylic acids is 1. The third-order valence-corrected chi connectivity index (χ3v) is 7.93. The molecule has 0 aromatic heterocycles. The first-order valence-electron chi connectivity index (χ1n) is 11.8. The van der Waals surface area contributed by atoms with Crippen molar-refractivity contribution in [2.24, 2.45) is 5.73 Å². The van der Waals surface area contributed by atoms with E-state index in [1.54, 1.807) is 54.6 Å². The summed E-state index contributed by atoms with van der Waals surface area (Å²) in [4.78, 5) is 11.3. The normalized spacial score (nSPS) is 15.3. The molecular weight excluding hydrogens is 532 g/mol. The van der Waals surface area contributed by atoms with Gasteiger partial charge in [-0.1, -0.05) is 35.9 Å². The number of amidine groups is 1. The third kappa shape index (κ3) is 8.14. The van der Waals surface area contributed by atoms with E-state index in [2.05, 4.69) is 0 Å². The van der Waals surface area contributed by atoms with Crippen LogP contribution in [0, 0.1) is 5.41 Å². The molecule has 1 saturated heterocycles. The van der Waals surface area contributed by atoms with Crippen LogP contribution in [0.3, 0.4) is 0 Å². The Balaban J connectivity index is 0.000000934. The quantitative estimate of drug-likeness (QED) is 0.241. The average Bonchev–Trinajstić information content (AvgIpc) is 2.87. The van der Waals surface area contributed by atoms with Crippen molar-refractivity contribution >= 4 is 44.2 Å². The Hall–Kier alpha value is -3.22. The van der Waals surface area contributed by atoms with Gasteiger partial charge >= 0.3 is 0 Å². The molecule has 204 valence electrons. The number of hydrogen-bond donors (Lipinski definition) is 4. The highest BCUT2D eigenvalue weighted by atomic mass is 35.5. The molecule has 12 heteroatoms. The van der Waals surface area contributed by atoms with E-state index in [4.69, 9.17) is 37.4 Å². The first kappa shape index (κ1) is 29.3. The Bertz CT molecular complexity index is 1390. The zero-order valence-electron chi connectivity index (χ0n) is 20.9. The van der Waals surface area contributed by atoms with Crippen molar-refractivity contribution < 1.29 is 28.2 Å². The average molecular weight is 563 g/mol. The second-order valence-electron chi connectivity index (χ2n) is 8.78. The maximum absolute atomic E-state index is 13.1. The number of carboxylic acid groups (broad SMARTS) is 1. The number of aliphatic hydroxyl groups is 1. The molecule has 4 rings (SSSR count). The Morgan fingerprint density at radius 2 is 1.71 bits per heavy atom. The van der Waals surface area contributed by atoms with Crippen molar-refractivity contribution in [2.75, 3.05) is 39.3 Å². The number of benzene rings is 3. The number of rotatable bonds is 8. The van der Waals surface area contributed by atoms with Crippen LogP contribution in [0.25, 0.3) is 10.8 Å². The van der Waals surface area contributed by atoms with Crippen LogP contribution >= 0.6 is 11.6 Å². The highest BCUT2D eigenvalue weighted by Crippen LogP contribution is 2.25. The van der Waals surface area contributed by atoms with E-state index < -0.39 is 22.1 Å². The molecule has 1 aliphatic rings. The predicted molar refractivity (Wildman–Crippen MR) is 146 cm³/mol. The monoisotopic (exact) mass is 562 g/mol. The maximum atomic E-state index is 13.1.